The average molecular weight is 316 g/mol. The van der Waals surface area contributed by atoms with Crippen LogP contribution in [0.5, 0.6) is 0 Å². The Bertz CT molecular complexity index is 631. The highest BCUT2D eigenvalue weighted by Crippen LogP contribution is 2.24. The lowest BCUT2D eigenvalue weighted by Gasteiger charge is -2.35. The first-order chi connectivity index (χ1) is 11.2. The van der Waals surface area contributed by atoms with E-state index in [0.29, 0.717) is 6.04 Å². The minimum atomic E-state index is -0.128. The molecule has 2 heterocycles. The Balaban J connectivity index is 1.57. The third-order valence-electron chi connectivity index (χ3n) is 4.59. The molecule has 0 aliphatic carbocycles. The van der Waals surface area contributed by atoms with Crippen molar-refractivity contribution in [3.05, 3.63) is 47.8 Å². The number of hydrogen-bond acceptors (Lipinski definition) is 3. The zero-order valence-corrected chi connectivity index (χ0v) is 13.8. The van der Waals surface area contributed by atoms with Gasteiger partial charge in [-0.2, -0.15) is 0 Å². The summed E-state index contributed by atoms with van der Waals surface area (Å²) >= 11 is 0. The van der Waals surface area contributed by atoms with Gasteiger partial charge in [0.1, 0.15) is 11.6 Å². The van der Waals surface area contributed by atoms with Gasteiger partial charge in [0, 0.05) is 31.0 Å². The van der Waals surface area contributed by atoms with E-state index in [0.717, 1.165) is 49.6 Å². The molecule has 0 unspecified atom stereocenters. The number of hydrogen-bond donors (Lipinski definition) is 2. The Labute approximate surface area is 137 Å². The number of halogens is 1. The molecule has 1 atom stereocenters. The number of aromatic nitrogens is 2. The number of rotatable bonds is 5. The van der Waals surface area contributed by atoms with Gasteiger partial charge >= 0.3 is 0 Å². The second-order valence-corrected chi connectivity index (χ2v) is 6.29. The Kier molecular flexibility index (Phi) is 4.96. The van der Waals surface area contributed by atoms with Gasteiger partial charge in [0.2, 0.25) is 0 Å². The molecule has 1 aliphatic heterocycles. The number of para-hydroxylation sites is 1. The van der Waals surface area contributed by atoms with E-state index in [1.54, 1.807) is 6.07 Å². The molecular formula is C18H25FN4. The normalized spacial score (nSPS) is 17.4. The fourth-order valence-corrected chi connectivity index (χ4v) is 3.28. The van der Waals surface area contributed by atoms with Crippen LogP contribution in [0.25, 0.3) is 0 Å². The molecule has 2 N–H and O–H groups in total. The van der Waals surface area contributed by atoms with Crippen molar-refractivity contribution in [2.75, 3.05) is 18.0 Å². The van der Waals surface area contributed by atoms with Gasteiger partial charge < -0.3 is 15.2 Å². The van der Waals surface area contributed by atoms with E-state index < -0.39 is 0 Å². The molecule has 1 aromatic carbocycles. The van der Waals surface area contributed by atoms with Crippen molar-refractivity contribution < 1.29 is 4.39 Å². The molecule has 3 rings (SSSR count). The monoisotopic (exact) mass is 316 g/mol. The summed E-state index contributed by atoms with van der Waals surface area (Å²) < 4.78 is 13.9. The zero-order chi connectivity index (χ0) is 16.2. The number of anilines is 1. The van der Waals surface area contributed by atoms with E-state index >= 15 is 0 Å². The Morgan fingerprint density at radius 2 is 2.09 bits per heavy atom. The summed E-state index contributed by atoms with van der Waals surface area (Å²) in [5.41, 5.74) is 1.81. The Morgan fingerprint density at radius 3 is 2.70 bits per heavy atom. The van der Waals surface area contributed by atoms with Crippen LogP contribution in [0.2, 0.25) is 0 Å². The van der Waals surface area contributed by atoms with Gasteiger partial charge in [-0.05, 0) is 38.3 Å². The predicted octanol–water partition coefficient (Wildman–Crippen LogP) is 3.57. The summed E-state index contributed by atoms with van der Waals surface area (Å²) in [6.07, 6.45) is 4.91. The highest BCUT2D eigenvalue weighted by atomic mass is 19.1. The Hall–Kier alpha value is -1.88. The molecule has 1 fully saturated rings. The van der Waals surface area contributed by atoms with Crippen LogP contribution >= 0.6 is 0 Å². The number of H-pyrrole nitrogens is 1. The van der Waals surface area contributed by atoms with Crippen LogP contribution in [-0.4, -0.2) is 29.1 Å². The highest BCUT2D eigenvalue weighted by molar-refractivity contribution is 5.47. The maximum Gasteiger partial charge on any atom is 0.146 e. The predicted molar refractivity (Wildman–Crippen MR) is 91.1 cm³/mol. The minimum Gasteiger partial charge on any atom is -0.369 e. The maximum absolute atomic E-state index is 13.9. The van der Waals surface area contributed by atoms with Gasteiger partial charge in [-0.25, -0.2) is 9.37 Å². The largest absolute Gasteiger partial charge is 0.369 e. The highest BCUT2D eigenvalue weighted by Gasteiger charge is 2.24. The summed E-state index contributed by atoms with van der Waals surface area (Å²) in [4.78, 5) is 9.92. The first kappa shape index (κ1) is 16.0. The lowest BCUT2D eigenvalue weighted by atomic mass is 10.0. The van der Waals surface area contributed by atoms with Gasteiger partial charge in [-0.3, -0.25) is 0 Å². The molecule has 2 aromatic rings. The van der Waals surface area contributed by atoms with Gasteiger partial charge in [0.05, 0.1) is 11.7 Å². The standard InChI is InChI=1S/C18H25FN4/c1-3-16(18-20-12-13(2)21-18)22-14-8-10-23(11-9-14)17-7-5-4-6-15(17)19/h4-7,12,14,16,22H,3,8-11H2,1-2H3,(H,20,21)/t16-/m1/s1. The van der Waals surface area contributed by atoms with Crippen LogP contribution in [0.1, 0.15) is 43.7 Å². The molecule has 0 bridgehead atoms. The van der Waals surface area contributed by atoms with Crippen molar-refractivity contribution >= 4 is 5.69 Å². The van der Waals surface area contributed by atoms with Crippen molar-refractivity contribution in [3.63, 3.8) is 0 Å². The minimum absolute atomic E-state index is 0.128. The van der Waals surface area contributed by atoms with Gasteiger partial charge in [0.25, 0.3) is 0 Å². The topological polar surface area (TPSA) is 44.0 Å². The number of aryl methyl sites for hydroxylation is 1. The number of benzene rings is 1. The first-order valence-electron chi connectivity index (χ1n) is 8.44. The summed E-state index contributed by atoms with van der Waals surface area (Å²) in [6, 6.07) is 7.75. The molecule has 5 heteroatoms. The second kappa shape index (κ2) is 7.13. The van der Waals surface area contributed by atoms with Gasteiger partial charge in [-0.1, -0.05) is 19.1 Å². The van der Waals surface area contributed by atoms with E-state index in [1.807, 2.05) is 25.3 Å². The zero-order valence-electron chi connectivity index (χ0n) is 13.8. The molecule has 1 saturated heterocycles. The number of nitrogens with one attached hydrogen (secondary N) is 2. The summed E-state index contributed by atoms with van der Waals surface area (Å²) in [7, 11) is 0. The third kappa shape index (κ3) is 3.72. The van der Waals surface area contributed by atoms with Crippen molar-refractivity contribution in [1.82, 2.24) is 15.3 Å². The van der Waals surface area contributed by atoms with Gasteiger partial charge in [0.15, 0.2) is 0 Å². The van der Waals surface area contributed by atoms with Crippen LogP contribution in [0.3, 0.4) is 0 Å². The fourth-order valence-electron chi connectivity index (χ4n) is 3.28. The van der Waals surface area contributed by atoms with Crippen LogP contribution in [0.4, 0.5) is 10.1 Å². The molecule has 124 valence electrons. The van der Waals surface area contributed by atoms with Crippen molar-refractivity contribution in [1.29, 1.82) is 0 Å². The van der Waals surface area contributed by atoms with Crippen LogP contribution in [0, 0.1) is 12.7 Å². The molecule has 4 nitrogen and oxygen atoms in total. The summed E-state index contributed by atoms with van der Waals surface area (Å²) in [5.74, 6) is 0.887. The number of imidazole rings is 1. The van der Waals surface area contributed by atoms with E-state index in [-0.39, 0.29) is 11.9 Å². The SMILES string of the molecule is CC[C@@H](NC1CCN(c2ccccc2F)CC1)c1ncc(C)[nH]1. The molecule has 1 aromatic heterocycles. The fraction of sp³-hybridized carbons (Fsp3) is 0.500. The smallest absolute Gasteiger partial charge is 0.146 e. The molecule has 0 radical (unpaired) electrons. The summed E-state index contributed by atoms with van der Waals surface area (Å²) in [5, 5.41) is 3.71. The number of aromatic amines is 1. The van der Waals surface area contributed by atoms with E-state index in [4.69, 9.17) is 0 Å². The molecule has 0 spiro atoms. The molecular weight excluding hydrogens is 291 g/mol. The van der Waals surface area contributed by atoms with Crippen molar-refractivity contribution in [2.24, 2.45) is 0 Å². The Morgan fingerprint density at radius 1 is 1.35 bits per heavy atom. The summed E-state index contributed by atoms with van der Waals surface area (Å²) in [6.45, 7) is 5.96. The van der Waals surface area contributed by atoms with E-state index in [2.05, 4.69) is 27.1 Å². The number of piperidine rings is 1. The quantitative estimate of drug-likeness (QED) is 0.886. The molecule has 1 aliphatic rings. The second-order valence-electron chi connectivity index (χ2n) is 6.29. The maximum atomic E-state index is 13.9. The van der Waals surface area contributed by atoms with E-state index in [1.165, 1.54) is 6.07 Å². The van der Waals surface area contributed by atoms with Crippen LogP contribution < -0.4 is 10.2 Å². The first-order valence-corrected chi connectivity index (χ1v) is 8.44. The van der Waals surface area contributed by atoms with Crippen LogP contribution in [-0.2, 0) is 0 Å². The third-order valence-corrected chi connectivity index (χ3v) is 4.59. The lowest BCUT2D eigenvalue weighted by molar-refractivity contribution is 0.356. The average Bonchev–Trinajstić information content (AvgIpc) is 3.00. The van der Waals surface area contributed by atoms with Crippen molar-refractivity contribution in [2.45, 2.75) is 45.2 Å². The molecule has 0 saturated carbocycles. The molecule has 23 heavy (non-hydrogen) atoms. The van der Waals surface area contributed by atoms with Crippen molar-refractivity contribution in [3.8, 4) is 0 Å². The van der Waals surface area contributed by atoms with E-state index in [9.17, 15) is 4.39 Å². The molecule has 0 amide bonds. The number of nitrogens with zero attached hydrogens (tertiary/aromatic N) is 2. The lowest BCUT2D eigenvalue weighted by Crippen LogP contribution is -2.44. The van der Waals surface area contributed by atoms with Gasteiger partial charge in [-0.15, -0.1) is 0 Å². The van der Waals surface area contributed by atoms with Crippen LogP contribution in [0.15, 0.2) is 30.5 Å².